The van der Waals surface area contributed by atoms with E-state index in [9.17, 15) is 4.79 Å². The Balaban J connectivity index is 1.57. The molecule has 1 unspecified atom stereocenters. The van der Waals surface area contributed by atoms with Crippen LogP contribution in [0.3, 0.4) is 0 Å². The first-order valence-corrected chi connectivity index (χ1v) is 8.14. The molecule has 1 aliphatic carbocycles. The Morgan fingerprint density at radius 3 is 3.00 bits per heavy atom. The Bertz CT molecular complexity index is 530. The topological polar surface area (TPSA) is 45.7 Å². The predicted octanol–water partition coefficient (Wildman–Crippen LogP) is 1.57. The van der Waals surface area contributed by atoms with Gasteiger partial charge in [0.25, 0.3) is 5.91 Å². The summed E-state index contributed by atoms with van der Waals surface area (Å²) in [7, 11) is 2.15. The molecule has 3 rings (SSSR count). The number of carbonyl (C=O) groups excluding carboxylic acids is 1. The van der Waals surface area contributed by atoms with E-state index in [-0.39, 0.29) is 12.0 Å². The number of ether oxygens (including phenoxy) is 1. The van der Waals surface area contributed by atoms with Crippen molar-refractivity contribution in [3.8, 4) is 0 Å². The molecule has 1 saturated heterocycles. The van der Waals surface area contributed by atoms with Crippen molar-refractivity contribution in [2.24, 2.45) is 5.92 Å². The molecule has 0 radical (unpaired) electrons. The van der Waals surface area contributed by atoms with E-state index < -0.39 is 0 Å². The van der Waals surface area contributed by atoms with E-state index >= 15 is 0 Å². The summed E-state index contributed by atoms with van der Waals surface area (Å²) in [5.41, 5.74) is 1.50. The van der Waals surface area contributed by atoms with Crippen LogP contribution in [0.5, 0.6) is 0 Å². The largest absolute Gasteiger partial charge is 0.373 e. The molecule has 1 saturated carbocycles. The molecular weight excluding hydrogens is 278 g/mol. The monoisotopic (exact) mass is 303 g/mol. The van der Waals surface area contributed by atoms with Crippen LogP contribution >= 0.6 is 0 Å². The molecule has 1 amide bonds. The van der Waals surface area contributed by atoms with Crippen molar-refractivity contribution < 1.29 is 9.53 Å². The second-order valence-corrected chi connectivity index (χ2v) is 6.54. The van der Waals surface area contributed by atoms with E-state index in [1.165, 1.54) is 12.8 Å². The quantitative estimate of drug-likeness (QED) is 0.828. The third-order valence-corrected chi connectivity index (χ3v) is 4.45. The Labute approximate surface area is 132 Å². The van der Waals surface area contributed by atoms with Gasteiger partial charge in [-0.25, -0.2) is 0 Å². The number of carbonyl (C=O) groups is 1. The van der Waals surface area contributed by atoms with Crippen molar-refractivity contribution in [1.29, 1.82) is 0 Å². The molecule has 0 spiro atoms. The number of pyridine rings is 1. The van der Waals surface area contributed by atoms with Gasteiger partial charge in [0.2, 0.25) is 0 Å². The van der Waals surface area contributed by atoms with Gasteiger partial charge in [-0.15, -0.1) is 0 Å². The van der Waals surface area contributed by atoms with E-state index in [0.717, 1.165) is 24.7 Å². The smallest absolute Gasteiger partial charge is 0.255 e. The van der Waals surface area contributed by atoms with Crippen LogP contribution in [0.25, 0.3) is 0 Å². The van der Waals surface area contributed by atoms with Crippen LogP contribution in [0.4, 0.5) is 0 Å². The van der Waals surface area contributed by atoms with Crippen LogP contribution in [-0.4, -0.2) is 66.6 Å². The molecule has 1 aromatic rings. The van der Waals surface area contributed by atoms with Gasteiger partial charge in [0.05, 0.1) is 18.3 Å². The molecule has 5 nitrogen and oxygen atoms in total. The van der Waals surface area contributed by atoms with E-state index in [2.05, 4.69) is 16.9 Å². The zero-order valence-corrected chi connectivity index (χ0v) is 13.5. The maximum atomic E-state index is 12.7. The van der Waals surface area contributed by atoms with Crippen LogP contribution < -0.4 is 0 Å². The lowest BCUT2D eigenvalue weighted by atomic mass is 10.1. The first kappa shape index (κ1) is 15.4. The highest BCUT2D eigenvalue weighted by atomic mass is 16.5. The van der Waals surface area contributed by atoms with Gasteiger partial charge in [0, 0.05) is 38.1 Å². The number of rotatable bonds is 5. The molecule has 22 heavy (non-hydrogen) atoms. The minimum absolute atomic E-state index is 0.0729. The summed E-state index contributed by atoms with van der Waals surface area (Å²) in [6, 6.07) is 3.68. The maximum Gasteiger partial charge on any atom is 0.255 e. The van der Waals surface area contributed by atoms with E-state index in [0.29, 0.717) is 25.3 Å². The number of nitrogens with zero attached hydrogens (tertiary/aromatic N) is 3. The third kappa shape index (κ3) is 3.84. The molecule has 120 valence electrons. The lowest BCUT2D eigenvalue weighted by Gasteiger charge is -2.35. The van der Waals surface area contributed by atoms with Crippen molar-refractivity contribution in [2.75, 3.05) is 39.8 Å². The Morgan fingerprint density at radius 1 is 1.45 bits per heavy atom. The number of morpholine rings is 1. The summed E-state index contributed by atoms with van der Waals surface area (Å²) >= 11 is 0. The highest BCUT2D eigenvalue weighted by Gasteiger charge is 2.28. The third-order valence-electron chi connectivity index (χ3n) is 4.45. The Hall–Kier alpha value is -1.46. The highest BCUT2D eigenvalue weighted by molar-refractivity contribution is 5.95. The SMILES string of the molecule is Cc1ncccc1C(=O)N1CCOC(CN(C)CC2CC2)C1. The van der Waals surface area contributed by atoms with Crippen molar-refractivity contribution in [2.45, 2.75) is 25.9 Å². The van der Waals surface area contributed by atoms with Gasteiger partial charge in [-0.2, -0.15) is 0 Å². The minimum Gasteiger partial charge on any atom is -0.373 e. The molecule has 0 bridgehead atoms. The zero-order chi connectivity index (χ0) is 15.5. The van der Waals surface area contributed by atoms with Gasteiger partial charge in [-0.3, -0.25) is 9.78 Å². The molecule has 1 atom stereocenters. The van der Waals surface area contributed by atoms with Gasteiger partial charge in [0.1, 0.15) is 0 Å². The number of likely N-dealkylation sites (N-methyl/N-ethyl adjacent to an activating group) is 1. The number of aryl methyl sites for hydroxylation is 1. The molecule has 2 aliphatic rings. The summed E-state index contributed by atoms with van der Waals surface area (Å²) in [6.45, 7) is 5.88. The van der Waals surface area contributed by atoms with E-state index in [1.807, 2.05) is 24.0 Å². The minimum atomic E-state index is 0.0729. The fourth-order valence-electron chi connectivity index (χ4n) is 3.06. The van der Waals surface area contributed by atoms with Gasteiger partial charge >= 0.3 is 0 Å². The molecule has 0 N–H and O–H groups in total. The molecule has 2 heterocycles. The summed E-state index contributed by atoms with van der Waals surface area (Å²) < 4.78 is 5.85. The predicted molar refractivity (Wildman–Crippen MR) is 84.8 cm³/mol. The molecule has 1 aliphatic heterocycles. The lowest BCUT2D eigenvalue weighted by Crippen LogP contribution is -2.49. The first-order valence-electron chi connectivity index (χ1n) is 8.14. The normalized spacial score (nSPS) is 22.1. The second kappa shape index (κ2) is 6.75. The summed E-state index contributed by atoms with van der Waals surface area (Å²) in [4.78, 5) is 21.1. The average Bonchev–Trinajstić information content (AvgIpc) is 3.31. The standard InChI is InChI=1S/C17H25N3O2/c1-13-16(4-3-7-18-13)17(21)20-8-9-22-15(12-20)11-19(2)10-14-5-6-14/h3-4,7,14-15H,5-6,8-12H2,1-2H3. The number of amides is 1. The van der Waals surface area contributed by atoms with Crippen LogP contribution in [0.2, 0.25) is 0 Å². The summed E-state index contributed by atoms with van der Waals surface area (Å²) in [5, 5.41) is 0. The number of aromatic nitrogens is 1. The molecule has 2 fully saturated rings. The first-order chi connectivity index (χ1) is 10.6. The van der Waals surface area contributed by atoms with Gasteiger partial charge in [0.15, 0.2) is 0 Å². The Kier molecular flexibility index (Phi) is 4.74. The molecule has 0 aromatic carbocycles. The Morgan fingerprint density at radius 2 is 2.27 bits per heavy atom. The van der Waals surface area contributed by atoms with E-state index in [4.69, 9.17) is 4.74 Å². The number of hydrogen-bond donors (Lipinski definition) is 0. The maximum absolute atomic E-state index is 12.7. The van der Waals surface area contributed by atoms with Gasteiger partial charge < -0.3 is 14.5 Å². The van der Waals surface area contributed by atoms with Crippen molar-refractivity contribution in [3.63, 3.8) is 0 Å². The van der Waals surface area contributed by atoms with Gasteiger partial charge in [-0.05, 0) is 44.9 Å². The van der Waals surface area contributed by atoms with Crippen LogP contribution in [0.1, 0.15) is 28.9 Å². The van der Waals surface area contributed by atoms with Crippen molar-refractivity contribution in [1.82, 2.24) is 14.8 Å². The fourth-order valence-corrected chi connectivity index (χ4v) is 3.06. The highest BCUT2D eigenvalue weighted by Crippen LogP contribution is 2.29. The fraction of sp³-hybridized carbons (Fsp3) is 0.647. The average molecular weight is 303 g/mol. The van der Waals surface area contributed by atoms with Crippen molar-refractivity contribution >= 4 is 5.91 Å². The lowest BCUT2D eigenvalue weighted by molar-refractivity contribution is -0.0334. The summed E-state index contributed by atoms with van der Waals surface area (Å²) in [6.07, 6.45) is 4.56. The molecule has 5 heteroatoms. The van der Waals surface area contributed by atoms with Gasteiger partial charge in [-0.1, -0.05) is 0 Å². The summed E-state index contributed by atoms with van der Waals surface area (Å²) in [5.74, 6) is 0.952. The zero-order valence-electron chi connectivity index (χ0n) is 13.5. The van der Waals surface area contributed by atoms with Crippen LogP contribution in [0, 0.1) is 12.8 Å². The second-order valence-electron chi connectivity index (χ2n) is 6.54. The van der Waals surface area contributed by atoms with E-state index in [1.54, 1.807) is 6.20 Å². The molecule has 1 aromatic heterocycles. The van der Waals surface area contributed by atoms with Crippen LogP contribution in [-0.2, 0) is 4.74 Å². The van der Waals surface area contributed by atoms with Crippen LogP contribution in [0.15, 0.2) is 18.3 Å². The molecular formula is C17H25N3O2. The number of hydrogen-bond acceptors (Lipinski definition) is 4. The van der Waals surface area contributed by atoms with Crippen molar-refractivity contribution in [3.05, 3.63) is 29.6 Å².